The van der Waals surface area contributed by atoms with Crippen LogP contribution in [0.3, 0.4) is 0 Å². The molecule has 6 heteroatoms. The molecule has 0 spiro atoms. The predicted octanol–water partition coefficient (Wildman–Crippen LogP) is 5.66. The number of para-hydroxylation sites is 1. The van der Waals surface area contributed by atoms with Crippen molar-refractivity contribution in [1.29, 1.82) is 0 Å². The van der Waals surface area contributed by atoms with Gasteiger partial charge in [0, 0.05) is 5.69 Å². The number of aromatic nitrogens is 1. The quantitative estimate of drug-likeness (QED) is 0.608. The second-order valence-corrected chi connectivity index (χ2v) is 7.03. The Morgan fingerprint density at radius 1 is 1.24 bits per heavy atom. The van der Waals surface area contributed by atoms with Gasteiger partial charge in [0.2, 0.25) is 0 Å². The topological polar surface area (TPSA) is 54.0 Å². The molecule has 0 bridgehead atoms. The van der Waals surface area contributed by atoms with Gasteiger partial charge in [-0.25, -0.2) is 4.98 Å². The molecule has 1 heterocycles. The number of hydrogen-bond acceptors (Lipinski definition) is 4. The van der Waals surface area contributed by atoms with Crippen LogP contribution in [0.4, 0.5) is 16.5 Å². The summed E-state index contributed by atoms with van der Waals surface area (Å²) in [5, 5.41) is 7.30. The number of rotatable bonds is 5. The van der Waals surface area contributed by atoms with Gasteiger partial charge in [-0.1, -0.05) is 54.1 Å². The van der Waals surface area contributed by atoms with E-state index in [-0.39, 0.29) is 5.91 Å². The van der Waals surface area contributed by atoms with Crippen molar-refractivity contribution in [2.24, 2.45) is 0 Å². The van der Waals surface area contributed by atoms with Crippen LogP contribution < -0.4 is 10.6 Å². The van der Waals surface area contributed by atoms with Crippen LogP contribution >= 0.6 is 22.9 Å². The van der Waals surface area contributed by atoms with Crippen molar-refractivity contribution in [3.8, 4) is 0 Å². The Morgan fingerprint density at radius 2 is 2.04 bits per heavy atom. The number of carbonyl (C=O) groups is 1. The minimum atomic E-state index is -0.218. The Balaban J connectivity index is 1.73. The largest absolute Gasteiger partial charge is 0.332 e. The SMILES string of the molecule is CCc1cccc(Nc2ncc(C(=O)Nc3c(C)cccc3Cl)s2)c1. The highest BCUT2D eigenvalue weighted by Crippen LogP contribution is 2.28. The summed E-state index contributed by atoms with van der Waals surface area (Å²) in [6, 6.07) is 13.7. The molecule has 0 saturated heterocycles. The molecular weight excluding hydrogens is 354 g/mol. The van der Waals surface area contributed by atoms with Crippen LogP contribution in [-0.2, 0) is 6.42 Å². The summed E-state index contributed by atoms with van der Waals surface area (Å²) in [4.78, 5) is 17.3. The van der Waals surface area contributed by atoms with Gasteiger partial charge in [-0.3, -0.25) is 4.79 Å². The number of thiazole rings is 1. The number of anilines is 3. The molecule has 1 aromatic heterocycles. The fourth-order valence-electron chi connectivity index (χ4n) is 2.39. The molecule has 0 fully saturated rings. The van der Waals surface area contributed by atoms with E-state index in [0.29, 0.717) is 20.7 Å². The van der Waals surface area contributed by atoms with Crippen molar-refractivity contribution < 1.29 is 4.79 Å². The van der Waals surface area contributed by atoms with Crippen LogP contribution in [0.1, 0.15) is 27.7 Å². The number of halogens is 1. The van der Waals surface area contributed by atoms with E-state index >= 15 is 0 Å². The Hall–Kier alpha value is -2.37. The van der Waals surface area contributed by atoms with Crippen LogP contribution in [0.25, 0.3) is 0 Å². The van der Waals surface area contributed by atoms with Crippen molar-refractivity contribution in [1.82, 2.24) is 4.98 Å². The fraction of sp³-hybridized carbons (Fsp3) is 0.158. The molecule has 0 radical (unpaired) electrons. The molecule has 0 saturated carbocycles. The molecule has 3 rings (SSSR count). The molecule has 2 N–H and O–H groups in total. The third kappa shape index (κ3) is 4.18. The molecular formula is C19H18ClN3OS. The Kier molecular flexibility index (Phi) is 5.36. The zero-order valence-corrected chi connectivity index (χ0v) is 15.5. The highest BCUT2D eigenvalue weighted by Gasteiger charge is 2.14. The van der Waals surface area contributed by atoms with E-state index in [2.05, 4.69) is 34.7 Å². The van der Waals surface area contributed by atoms with Gasteiger partial charge in [-0.05, 0) is 42.7 Å². The lowest BCUT2D eigenvalue weighted by atomic mass is 10.1. The highest BCUT2D eigenvalue weighted by atomic mass is 35.5. The summed E-state index contributed by atoms with van der Waals surface area (Å²) < 4.78 is 0. The summed E-state index contributed by atoms with van der Waals surface area (Å²) in [7, 11) is 0. The van der Waals surface area contributed by atoms with E-state index in [1.54, 1.807) is 12.3 Å². The molecule has 0 unspecified atom stereocenters. The number of nitrogens with zero attached hydrogens (tertiary/aromatic N) is 1. The van der Waals surface area contributed by atoms with Crippen LogP contribution in [-0.4, -0.2) is 10.9 Å². The van der Waals surface area contributed by atoms with Crippen molar-refractivity contribution >= 4 is 45.4 Å². The van der Waals surface area contributed by atoms with Gasteiger partial charge in [-0.2, -0.15) is 0 Å². The fourth-order valence-corrected chi connectivity index (χ4v) is 3.40. The third-order valence-corrected chi connectivity index (χ3v) is 5.00. The Morgan fingerprint density at radius 3 is 2.80 bits per heavy atom. The molecule has 0 aliphatic carbocycles. The van der Waals surface area contributed by atoms with Crippen LogP contribution in [0, 0.1) is 6.92 Å². The molecule has 2 aromatic carbocycles. The Labute approximate surface area is 155 Å². The first kappa shape index (κ1) is 17.5. The maximum absolute atomic E-state index is 12.5. The normalized spacial score (nSPS) is 10.5. The molecule has 128 valence electrons. The highest BCUT2D eigenvalue weighted by molar-refractivity contribution is 7.17. The average molecular weight is 372 g/mol. The number of aryl methyl sites for hydroxylation is 2. The van der Waals surface area contributed by atoms with Crippen molar-refractivity contribution in [2.45, 2.75) is 20.3 Å². The minimum absolute atomic E-state index is 0.218. The molecule has 0 aliphatic rings. The van der Waals surface area contributed by atoms with Crippen molar-refractivity contribution in [3.05, 3.63) is 69.7 Å². The zero-order valence-electron chi connectivity index (χ0n) is 14.0. The predicted molar refractivity (Wildman–Crippen MR) is 105 cm³/mol. The second-order valence-electron chi connectivity index (χ2n) is 5.59. The summed E-state index contributed by atoms with van der Waals surface area (Å²) in [5.41, 5.74) is 3.75. The molecule has 0 aliphatic heterocycles. The van der Waals surface area contributed by atoms with Crippen molar-refractivity contribution in [2.75, 3.05) is 10.6 Å². The van der Waals surface area contributed by atoms with Gasteiger partial charge in [0.1, 0.15) is 4.88 Å². The van der Waals surface area contributed by atoms with E-state index in [1.165, 1.54) is 16.9 Å². The lowest BCUT2D eigenvalue weighted by Gasteiger charge is -2.08. The summed E-state index contributed by atoms with van der Waals surface area (Å²) in [6.07, 6.45) is 2.54. The van der Waals surface area contributed by atoms with E-state index in [9.17, 15) is 4.79 Å². The first-order chi connectivity index (χ1) is 12.1. The summed E-state index contributed by atoms with van der Waals surface area (Å²) >= 11 is 7.47. The van der Waals surface area contributed by atoms with E-state index in [0.717, 1.165) is 17.7 Å². The lowest BCUT2D eigenvalue weighted by Crippen LogP contribution is -2.11. The van der Waals surface area contributed by atoms with Crippen LogP contribution in [0.15, 0.2) is 48.7 Å². The number of amides is 1. The van der Waals surface area contributed by atoms with E-state index in [1.807, 2.05) is 31.2 Å². The molecule has 4 nitrogen and oxygen atoms in total. The van der Waals surface area contributed by atoms with E-state index in [4.69, 9.17) is 11.6 Å². The van der Waals surface area contributed by atoms with Crippen molar-refractivity contribution in [3.63, 3.8) is 0 Å². The van der Waals surface area contributed by atoms with Crippen LogP contribution in [0.2, 0.25) is 5.02 Å². The lowest BCUT2D eigenvalue weighted by molar-refractivity contribution is 0.103. The van der Waals surface area contributed by atoms with Crippen LogP contribution in [0.5, 0.6) is 0 Å². The molecule has 25 heavy (non-hydrogen) atoms. The molecule has 0 atom stereocenters. The van der Waals surface area contributed by atoms with E-state index < -0.39 is 0 Å². The monoisotopic (exact) mass is 371 g/mol. The van der Waals surface area contributed by atoms with Gasteiger partial charge in [0.15, 0.2) is 5.13 Å². The molecule has 1 amide bonds. The van der Waals surface area contributed by atoms with Gasteiger partial charge in [0.05, 0.1) is 16.9 Å². The first-order valence-corrected chi connectivity index (χ1v) is 9.14. The average Bonchev–Trinajstić information content (AvgIpc) is 3.07. The number of carbonyl (C=O) groups excluding carboxylic acids is 1. The number of hydrogen-bond donors (Lipinski definition) is 2. The number of benzene rings is 2. The molecule has 3 aromatic rings. The maximum atomic E-state index is 12.5. The summed E-state index contributed by atoms with van der Waals surface area (Å²) in [5.74, 6) is -0.218. The summed E-state index contributed by atoms with van der Waals surface area (Å²) in [6.45, 7) is 4.02. The maximum Gasteiger partial charge on any atom is 0.267 e. The standard InChI is InChI=1S/C19H18ClN3OS/c1-3-13-7-5-8-14(10-13)22-19-21-11-16(25-19)18(24)23-17-12(2)6-4-9-15(17)20/h4-11H,3H2,1-2H3,(H,21,22)(H,23,24). The minimum Gasteiger partial charge on any atom is -0.332 e. The smallest absolute Gasteiger partial charge is 0.267 e. The zero-order chi connectivity index (χ0) is 17.8. The van der Waals surface area contributed by atoms with Gasteiger partial charge >= 0.3 is 0 Å². The third-order valence-electron chi connectivity index (χ3n) is 3.78. The Bertz CT molecular complexity index is 887. The number of nitrogens with one attached hydrogen (secondary N) is 2. The van der Waals surface area contributed by atoms with Gasteiger partial charge in [-0.15, -0.1) is 0 Å². The second kappa shape index (κ2) is 7.68. The first-order valence-electron chi connectivity index (χ1n) is 7.95. The van der Waals surface area contributed by atoms with Gasteiger partial charge in [0.25, 0.3) is 5.91 Å². The van der Waals surface area contributed by atoms with Gasteiger partial charge < -0.3 is 10.6 Å².